The average Bonchev–Trinajstić information content (AvgIpc) is 2.39. The molecular weight excluding hydrogens is 264 g/mol. The fourth-order valence-corrected chi connectivity index (χ4v) is 2.90. The second-order valence-corrected chi connectivity index (χ2v) is 5.59. The minimum atomic E-state index is -1.09. The van der Waals surface area contributed by atoms with Gasteiger partial charge in [0.25, 0.3) is 0 Å². The maximum absolute atomic E-state index is 11.2. The second-order valence-electron chi connectivity index (χ2n) is 4.14. The molecule has 0 aliphatic carbocycles. The third-order valence-electron chi connectivity index (χ3n) is 2.68. The minimum absolute atomic E-state index is 0.0338. The molecule has 6 heteroatoms. The Balaban J connectivity index is 2.52. The monoisotopic (exact) mass is 278 g/mol. The number of carboxylic acid groups (broad SMARTS) is 1. The van der Waals surface area contributed by atoms with Crippen LogP contribution in [0.15, 0.2) is 29.2 Å². The molecule has 0 aliphatic heterocycles. The molecule has 1 atom stereocenters. The Bertz CT molecular complexity index is 603. The summed E-state index contributed by atoms with van der Waals surface area (Å²) in [5.41, 5.74) is 0.639. The maximum atomic E-state index is 11.2. The van der Waals surface area contributed by atoms with E-state index in [4.69, 9.17) is 5.11 Å². The summed E-state index contributed by atoms with van der Waals surface area (Å²) in [6.07, 6.45) is 0.598. The number of hydrogen-bond acceptors (Lipinski definition) is 5. The third-order valence-corrected chi connectivity index (χ3v) is 3.97. The molecule has 0 fully saturated rings. The lowest BCUT2D eigenvalue weighted by atomic mass is 10.2. The summed E-state index contributed by atoms with van der Waals surface area (Å²) in [5, 5.41) is 26.8. The summed E-state index contributed by atoms with van der Waals surface area (Å²) in [5.74, 6) is -1.09. The Morgan fingerprint density at radius 2 is 2.11 bits per heavy atom. The van der Waals surface area contributed by atoms with Gasteiger partial charge in [-0.25, -0.2) is 4.79 Å². The van der Waals surface area contributed by atoms with Crippen LogP contribution in [-0.2, 0) is 0 Å². The first-order chi connectivity index (χ1) is 9.13. The average molecular weight is 278 g/mol. The maximum Gasteiger partial charge on any atom is 0.357 e. The Labute approximate surface area is 114 Å². The fraction of sp³-hybridized carbons (Fsp3) is 0.308. The van der Waals surface area contributed by atoms with Crippen LogP contribution < -0.4 is 0 Å². The van der Waals surface area contributed by atoms with Crippen molar-refractivity contribution in [3.63, 3.8) is 0 Å². The van der Waals surface area contributed by atoms with E-state index in [9.17, 15) is 9.90 Å². The van der Waals surface area contributed by atoms with Gasteiger partial charge in [-0.15, -0.1) is 22.0 Å². The topological polar surface area (TPSA) is 83.3 Å². The summed E-state index contributed by atoms with van der Waals surface area (Å²) in [7, 11) is 0. The van der Waals surface area contributed by atoms with E-state index in [0.717, 1.165) is 5.39 Å². The molecule has 0 aliphatic rings. The fourth-order valence-electron chi connectivity index (χ4n) is 1.73. The number of nitrogens with zero attached hydrogens (tertiary/aromatic N) is 2. The zero-order valence-electron chi connectivity index (χ0n) is 10.4. The molecule has 2 N–H and O–H groups in total. The van der Waals surface area contributed by atoms with Crippen LogP contribution in [-0.4, -0.2) is 38.2 Å². The number of aliphatic hydroxyl groups is 1. The zero-order chi connectivity index (χ0) is 13.8. The molecule has 0 saturated carbocycles. The number of thioether (sulfide) groups is 1. The van der Waals surface area contributed by atoms with E-state index in [1.54, 1.807) is 6.07 Å². The number of rotatable bonds is 5. The molecule has 19 heavy (non-hydrogen) atoms. The van der Waals surface area contributed by atoms with Crippen LogP contribution in [0.4, 0.5) is 0 Å². The lowest BCUT2D eigenvalue weighted by molar-refractivity contribution is 0.0685. The Kier molecular flexibility index (Phi) is 4.34. The van der Waals surface area contributed by atoms with E-state index in [2.05, 4.69) is 10.2 Å². The summed E-state index contributed by atoms with van der Waals surface area (Å²) < 4.78 is 0. The molecule has 5 nitrogen and oxygen atoms in total. The van der Waals surface area contributed by atoms with Gasteiger partial charge in [-0.1, -0.05) is 25.1 Å². The molecule has 1 unspecified atom stereocenters. The Morgan fingerprint density at radius 1 is 1.37 bits per heavy atom. The highest BCUT2D eigenvalue weighted by molar-refractivity contribution is 8.00. The predicted octanol–water partition coefficient (Wildman–Crippen LogP) is 2.19. The van der Waals surface area contributed by atoms with Crippen LogP contribution in [0.5, 0.6) is 0 Å². The number of carboxylic acids is 1. The molecule has 0 bridgehead atoms. The van der Waals surface area contributed by atoms with Crippen molar-refractivity contribution >= 4 is 28.6 Å². The second kappa shape index (κ2) is 5.99. The lowest BCUT2D eigenvalue weighted by Gasteiger charge is -2.12. The van der Waals surface area contributed by atoms with Crippen molar-refractivity contribution in [1.29, 1.82) is 0 Å². The van der Waals surface area contributed by atoms with Crippen molar-refractivity contribution in [2.24, 2.45) is 0 Å². The summed E-state index contributed by atoms with van der Waals surface area (Å²) in [6, 6.07) is 7.32. The summed E-state index contributed by atoms with van der Waals surface area (Å²) >= 11 is 1.41. The number of aliphatic hydroxyl groups excluding tert-OH is 1. The number of hydrogen-bond donors (Lipinski definition) is 2. The van der Waals surface area contributed by atoms with Crippen molar-refractivity contribution < 1.29 is 15.0 Å². The molecule has 0 spiro atoms. The number of aromatic carboxylic acids is 1. The quantitative estimate of drug-likeness (QED) is 0.816. The normalized spacial score (nSPS) is 12.5. The van der Waals surface area contributed by atoms with Crippen LogP contribution >= 0.6 is 11.8 Å². The van der Waals surface area contributed by atoms with Crippen LogP contribution in [0.25, 0.3) is 10.9 Å². The van der Waals surface area contributed by atoms with Gasteiger partial charge in [0.2, 0.25) is 0 Å². The number of aromatic nitrogens is 2. The molecule has 2 rings (SSSR count). The zero-order valence-corrected chi connectivity index (χ0v) is 11.2. The number of fused-ring (bicyclic) bond motifs is 1. The summed E-state index contributed by atoms with van der Waals surface area (Å²) in [4.78, 5) is 11.8. The molecular formula is C13H14N2O3S. The van der Waals surface area contributed by atoms with Crippen LogP contribution in [0.3, 0.4) is 0 Å². The third kappa shape index (κ3) is 3.02. The first-order valence-corrected chi connectivity index (χ1v) is 6.77. The standard InChI is InChI=1S/C13H14N2O3S/c1-8(6-7-16)19-12-9-4-2-3-5-10(9)14-15-11(12)13(17)18/h2-5,8,16H,6-7H2,1H3,(H,17,18). The molecule has 0 radical (unpaired) electrons. The highest BCUT2D eigenvalue weighted by Crippen LogP contribution is 2.33. The SMILES string of the molecule is CC(CCO)Sc1c(C(=O)O)nnc2ccccc12. The molecule has 1 heterocycles. The van der Waals surface area contributed by atoms with Gasteiger partial charge in [-0.05, 0) is 12.5 Å². The van der Waals surface area contributed by atoms with Crippen LogP contribution in [0.1, 0.15) is 23.8 Å². The number of benzene rings is 1. The van der Waals surface area contributed by atoms with Gasteiger partial charge in [-0.3, -0.25) is 0 Å². The van der Waals surface area contributed by atoms with Gasteiger partial charge in [0.05, 0.1) is 10.4 Å². The van der Waals surface area contributed by atoms with Gasteiger partial charge in [0.1, 0.15) is 0 Å². The van der Waals surface area contributed by atoms with E-state index in [0.29, 0.717) is 16.8 Å². The van der Waals surface area contributed by atoms with Gasteiger partial charge >= 0.3 is 5.97 Å². The first-order valence-electron chi connectivity index (χ1n) is 5.89. The number of carbonyl (C=O) groups is 1. The van der Waals surface area contributed by atoms with Crippen molar-refractivity contribution in [1.82, 2.24) is 10.2 Å². The van der Waals surface area contributed by atoms with E-state index in [1.807, 2.05) is 25.1 Å². The lowest BCUT2D eigenvalue weighted by Crippen LogP contribution is -2.08. The highest BCUT2D eigenvalue weighted by Gasteiger charge is 2.19. The highest BCUT2D eigenvalue weighted by atomic mass is 32.2. The van der Waals surface area contributed by atoms with E-state index in [-0.39, 0.29) is 17.6 Å². The van der Waals surface area contributed by atoms with Crippen LogP contribution in [0, 0.1) is 0 Å². The largest absolute Gasteiger partial charge is 0.476 e. The van der Waals surface area contributed by atoms with Gasteiger partial charge in [0, 0.05) is 17.2 Å². The molecule has 100 valence electrons. The minimum Gasteiger partial charge on any atom is -0.476 e. The van der Waals surface area contributed by atoms with E-state index in [1.165, 1.54) is 11.8 Å². The van der Waals surface area contributed by atoms with Crippen molar-refractivity contribution in [2.45, 2.75) is 23.5 Å². The summed E-state index contributed by atoms with van der Waals surface area (Å²) in [6.45, 7) is 2.02. The van der Waals surface area contributed by atoms with Gasteiger partial charge < -0.3 is 10.2 Å². The van der Waals surface area contributed by atoms with Crippen molar-refractivity contribution in [3.05, 3.63) is 30.0 Å². The first kappa shape index (κ1) is 13.8. The molecule has 0 amide bonds. The molecule has 1 aromatic carbocycles. The van der Waals surface area contributed by atoms with Gasteiger partial charge in [0.15, 0.2) is 5.69 Å². The molecule has 2 aromatic rings. The van der Waals surface area contributed by atoms with E-state index >= 15 is 0 Å². The van der Waals surface area contributed by atoms with Crippen LogP contribution in [0.2, 0.25) is 0 Å². The smallest absolute Gasteiger partial charge is 0.357 e. The van der Waals surface area contributed by atoms with Crippen molar-refractivity contribution in [2.75, 3.05) is 6.61 Å². The molecule has 0 saturated heterocycles. The Morgan fingerprint density at radius 3 is 2.79 bits per heavy atom. The molecule has 1 aromatic heterocycles. The van der Waals surface area contributed by atoms with E-state index < -0.39 is 5.97 Å². The predicted molar refractivity (Wildman–Crippen MR) is 73.5 cm³/mol. The van der Waals surface area contributed by atoms with Gasteiger partial charge in [-0.2, -0.15) is 0 Å². The van der Waals surface area contributed by atoms with Crippen molar-refractivity contribution in [3.8, 4) is 0 Å². The Hall–Kier alpha value is -1.66.